The van der Waals surface area contributed by atoms with E-state index in [0.717, 1.165) is 11.3 Å². The summed E-state index contributed by atoms with van der Waals surface area (Å²) in [5.74, 6) is 0.249. The predicted molar refractivity (Wildman–Crippen MR) is 75.8 cm³/mol. The summed E-state index contributed by atoms with van der Waals surface area (Å²) >= 11 is 0. The zero-order chi connectivity index (χ0) is 15.4. The van der Waals surface area contributed by atoms with E-state index in [1.165, 1.54) is 0 Å². The number of amides is 1. The molecule has 2 aliphatic rings. The van der Waals surface area contributed by atoms with E-state index in [1.807, 2.05) is 27.7 Å². The van der Waals surface area contributed by atoms with Gasteiger partial charge >= 0.3 is 6.09 Å². The first-order chi connectivity index (χ1) is 9.78. The van der Waals surface area contributed by atoms with Gasteiger partial charge in [-0.25, -0.2) is 4.79 Å². The molecular formula is C15H21N3O3. The van der Waals surface area contributed by atoms with Gasteiger partial charge < -0.3 is 4.74 Å². The molecule has 114 valence electrons. The Morgan fingerprint density at radius 1 is 1.43 bits per heavy atom. The molecule has 21 heavy (non-hydrogen) atoms. The van der Waals surface area contributed by atoms with Gasteiger partial charge in [-0.1, -0.05) is 6.92 Å². The summed E-state index contributed by atoms with van der Waals surface area (Å²) in [7, 11) is 0. The second-order valence-electron chi connectivity index (χ2n) is 6.95. The van der Waals surface area contributed by atoms with Crippen molar-refractivity contribution in [2.45, 2.75) is 64.1 Å². The molecule has 3 unspecified atom stereocenters. The van der Waals surface area contributed by atoms with Gasteiger partial charge in [0.1, 0.15) is 11.4 Å². The van der Waals surface area contributed by atoms with E-state index in [2.05, 4.69) is 10.2 Å². The van der Waals surface area contributed by atoms with E-state index in [9.17, 15) is 9.59 Å². The number of piperidine rings is 1. The Kier molecular flexibility index (Phi) is 3.07. The fourth-order valence-corrected chi connectivity index (χ4v) is 3.34. The number of aromatic amines is 1. The Morgan fingerprint density at radius 3 is 2.81 bits per heavy atom. The van der Waals surface area contributed by atoms with Crippen LogP contribution in [0.3, 0.4) is 0 Å². The molecule has 6 nitrogen and oxygen atoms in total. The van der Waals surface area contributed by atoms with E-state index in [4.69, 9.17) is 4.74 Å². The summed E-state index contributed by atoms with van der Waals surface area (Å²) in [6.07, 6.45) is 2.11. The van der Waals surface area contributed by atoms with Crippen LogP contribution >= 0.6 is 0 Å². The molecule has 0 saturated carbocycles. The molecular weight excluding hydrogens is 270 g/mol. The minimum Gasteiger partial charge on any atom is -0.444 e. The molecule has 2 bridgehead atoms. The van der Waals surface area contributed by atoms with Gasteiger partial charge in [0.05, 0.1) is 18.3 Å². The Morgan fingerprint density at radius 2 is 2.14 bits per heavy atom. The van der Waals surface area contributed by atoms with Crippen molar-refractivity contribution >= 4 is 11.9 Å². The van der Waals surface area contributed by atoms with Crippen LogP contribution in [0.5, 0.6) is 0 Å². The monoisotopic (exact) mass is 291 g/mol. The highest BCUT2D eigenvalue weighted by atomic mass is 16.6. The van der Waals surface area contributed by atoms with Crippen LogP contribution in [0.1, 0.15) is 63.8 Å². The van der Waals surface area contributed by atoms with Crippen molar-refractivity contribution in [1.82, 2.24) is 15.1 Å². The number of fused-ring (bicyclic) bond motifs is 4. The fraction of sp³-hybridized carbons (Fsp3) is 0.667. The first kappa shape index (κ1) is 14.1. The van der Waals surface area contributed by atoms with Gasteiger partial charge in [0.15, 0.2) is 0 Å². The number of nitrogens with zero attached hydrogens (tertiary/aromatic N) is 2. The maximum Gasteiger partial charge on any atom is 0.411 e. The lowest BCUT2D eigenvalue weighted by molar-refractivity contribution is -0.126. The molecule has 3 rings (SSSR count). The second-order valence-corrected chi connectivity index (χ2v) is 6.95. The second kappa shape index (κ2) is 4.58. The number of Topliss-reactive ketones (excluding diaryl/α,β-unsaturated/α-hetero) is 1. The number of H-pyrrole nitrogens is 1. The SMILES string of the molecule is CC1c2[nH]ncc2C2CC(=O)CC1N2C(=O)OC(C)(C)C. The van der Waals surface area contributed by atoms with Crippen LogP contribution in [0.25, 0.3) is 0 Å². The molecule has 0 aliphatic carbocycles. The van der Waals surface area contributed by atoms with Crippen LogP contribution in [0.15, 0.2) is 6.20 Å². The number of ether oxygens (including phenoxy) is 1. The van der Waals surface area contributed by atoms with Crippen molar-refractivity contribution in [1.29, 1.82) is 0 Å². The third-order valence-electron chi connectivity index (χ3n) is 4.25. The average Bonchev–Trinajstić information content (AvgIpc) is 2.82. The quantitative estimate of drug-likeness (QED) is 0.797. The molecule has 0 radical (unpaired) electrons. The van der Waals surface area contributed by atoms with E-state index >= 15 is 0 Å². The molecule has 1 saturated heterocycles. The lowest BCUT2D eigenvalue weighted by atomic mass is 9.77. The van der Waals surface area contributed by atoms with Gasteiger partial charge in [-0.15, -0.1) is 0 Å². The molecule has 3 heterocycles. The number of hydrogen-bond donors (Lipinski definition) is 1. The van der Waals surface area contributed by atoms with Crippen molar-refractivity contribution in [2.24, 2.45) is 0 Å². The number of hydrogen-bond acceptors (Lipinski definition) is 4. The molecule has 0 aromatic carbocycles. The number of nitrogens with one attached hydrogen (secondary N) is 1. The van der Waals surface area contributed by atoms with E-state index in [-0.39, 0.29) is 29.9 Å². The maximum atomic E-state index is 12.6. The molecule has 1 N–H and O–H groups in total. The number of rotatable bonds is 0. The molecule has 1 aromatic heterocycles. The Labute approximate surface area is 123 Å². The van der Waals surface area contributed by atoms with Gasteiger partial charge in [-0.3, -0.25) is 14.8 Å². The number of carbonyl (C=O) groups is 2. The molecule has 6 heteroatoms. The number of aromatic nitrogens is 2. The van der Waals surface area contributed by atoms with Crippen LogP contribution in [0, 0.1) is 0 Å². The highest BCUT2D eigenvalue weighted by molar-refractivity contribution is 5.84. The van der Waals surface area contributed by atoms with Crippen molar-refractivity contribution in [3.8, 4) is 0 Å². The first-order valence-corrected chi connectivity index (χ1v) is 7.34. The zero-order valence-electron chi connectivity index (χ0n) is 12.8. The summed E-state index contributed by atoms with van der Waals surface area (Å²) in [6.45, 7) is 7.57. The lowest BCUT2D eigenvalue weighted by Gasteiger charge is -2.47. The van der Waals surface area contributed by atoms with Crippen LogP contribution in [-0.2, 0) is 9.53 Å². The number of ketones is 1. The standard InChI is InChI=1S/C15H21N3O3/c1-8-11-5-9(19)6-12(10-7-16-17-13(8)10)18(11)14(20)21-15(2,3)4/h7-8,11-12H,5-6H2,1-4H3,(H,16,17). The highest BCUT2D eigenvalue weighted by Crippen LogP contribution is 2.45. The third kappa shape index (κ3) is 2.32. The molecule has 1 amide bonds. The average molecular weight is 291 g/mol. The predicted octanol–water partition coefficient (Wildman–Crippen LogP) is 2.54. The van der Waals surface area contributed by atoms with Crippen molar-refractivity contribution < 1.29 is 14.3 Å². The zero-order valence-corrected chi connectivity index (χ0v) is 12.8. The van der Waals surface area contributed by atoms with E-state index in [1.54, 1.807) is 11.1 Å². The Bertz CT molecular complexity index is 587. The van der Waals surface area contributed by atoms with Crippen LogP contribution in [0.2, 0.25) is 0 Å². The van der Waals surface area contributed by atoms with Crippen LogP contribution in [0.4, 0.5) is 4.79 Å². The maximum absolute atomic E-state index is 12.6. The van der Waals surface area contributed by atoms with Gasteiger partial charge in [-0.05, 0) is 20.8 Å². The normalized spacial score (nSPS) is 28.3. The fourth-order valence-electron chi connectivity index (χ4n) is 3.34. The molecule has 2 aliphatic heterocycles. The molecule has 3 atom stereocenters. The lowest BCUT2D eigenvalue weighted by Crippen LogP contribution is -2.54. The van der Waals surface area contributed by atoms with Crippen molar-refractivity contribution in [2.75, 3.05) is 0 Å². The summed E-state index contributed by atoms with van der Waals surface area (Å²) in [4.78, 5) is 26.3. The van der Waals surface area contributed by atoms with Crippen molar-refractivity contribution in [3.05, 3.63) is 17.5 Å². The van der Waals surface area contributed by atoms with Gasteiger partial charge in [0, 0.05) is 30.0 Å². The topological polar surface area (TPSA) is 75.3 Å². The highest BCUT2D eigenvalue weighted by Gasteiger charge is 2.48. The van der Waals surface area contributed by atoms with Crippen LogP contribution < -0.4 is 0 Å². The van der Waals surface area contributed by atoms with Gasteiger partial charge in [0.2, 0.25) is 0 Å². The summed E-state index contributed by atoms with van der Waals surface area (Å²) < 4.78 is 5.53. The third-order valence-corrected chi connectivity index (χ3v) is 4.25. The van der Waals surface area contributed by atoms with E-state index < -0.39 is 5.60 Å². The smallest absolute Gasteiger partial charge is 0.411 e. The summed E-state index contributed by atoms with van der Waals surface area (Å²) in [5, 5.41) is 7.11. The van der Waals surface area contributed by atoms with Gasteiger partial charge in [-0.2, -0.15) is 5.10 Å². The largest absolute Gasteiger partial charge is 0.444 e. The molecule has 1 fully saturated rings. The van der Waals surface area contributed by atoms with Crippen LogP contribution in [-0.4, -0.2) is 38.6 Å². The van der Waals surface area contributed by atoms with Crippen molar-refractivity contribution in [3.63, 3.8) is 0 Å². The summed E-state index contributed by atoms with van der Waals surface area (Å²) in [5.41, 5.74) is 1.44. The number of carbonyl (C=O) groups excluding carboxylic acids is 2. The minimum atomic E-state index is -0.546. The minimum absolute atomic E-state index is 0.0514. The summed E-state index contributed by atoms with van der Waals surface area (Å²) in [6, 6.07) is -0.407. The Hall–Kier alpha value is -1.85. The van der Waals surface area contributed by atoms with Gasteiger partial charge in [0.25, 0.3) is 0 Å². The molecule has 1 aromatic rings. The molecule has 0 spiro atoms. The Balaban J connectivity index is 1.99. The first-order valence-electron chi connectivity index (χ1n) is 7.34. The van der Waals surface area contributed by atoms with E-state index in [0.29, 0.717) is 12.8 Å².